The van der Waals surface area contributed by atoms with Crippen LogP contribution in [0.3, 0.4) is 0 Å². The molecule has 0 bridgehead atoms. The van der Waals surface area contributed by atoms with E-state index in [1.807, 2.05) is 42.6 Å². The number of aliphatic hydroxyl groups is 1. The van der Waals surface area contributed by atoms with Gasteiger partial charge in [-0.15, -0.1) is 0 Å². The highest BCUT2D eigenvalue weighted by atomic mass is 16.3. The van der Waals surface area contributed by atoms with Gasteiger partial charge >= 0.3 is 0 Å². The summed E-state index contributed by atoms with van der Waals surface area (Å²) >= 11 is 0. The van der Waals surface area contributed by atoms with Gasteiger partial charge in [0.05, 0.1) is 11.8 Å². The summed E-state index contributed by atoms with van der Waals surface area (Å²) in [7, 11) is 0. The quantitative estimate of drug-likeness (QED) is 0.891. The van der Waals surface area contributed by atoms with Gasteiger partial charge in [0.25, 0.3) is 0 Å². The lowest BCUT2D eigenvalue weighted by Crippen LogP contribution is -2.38. The molecule has 2 aromatic rings. The fraction of sp³-hybridized carbons (Fsp3) is 0.421. The maximum Gasteiger partial charge on any atom is 0.115 e. The molecular weight excluding hydrogens is 288 g/mol. The van der Waals surface area contributed by atoms with Gasteiger partial charge in [-0.25, -0.2) is 0 Å². The second kappa shape index (κ2) is 7.57. The van der Waals surface area contributed by atoms with Crippen LogP contribution in [0, 0.1) is 0 Å². The smallest absolute Gasteiger partial charge is 0.115 e. The van der Waals surface area contributed by atoms with Gasteiger partial charge in [0.2, 0.25) is 0 Å². The Kier molecular flexibility index (Phi) is 5.26. The van der Waals surface area contributed by atoms with E-state index >= 15 is 0 Å². The number of benzene rings is 1. The molecule has 0 aliphatic heterocycles. The van der Waals surface area contributed by atoms with Crippen molar-refractivity contribution < 1.29 is 10.2 Å². The SMILES string of the molecule is Oc1cccc(CN(Cc2ccccn2)C2CCC(O)CC2)c1. The number of aromatic nitrogens is 1. The lowest BCUT2D eigenvalue weighted by Gasteiger charge is -2.35. The molecule has 23 heavy (non-hydrogen) atoms. The van der Waals surface area contributed by atoms with E-state index in [0.29, 0.717) is 11.8 Å². The van der Waals surface area contributed by atoms with Gasteiger partial charge in [-0.2, -0.15) is 0 Å². The highest BCUT2D eigenvalue weighted by Gasteiger charge is 2.25. The molecule has 1 aromatic carbocycles. The number of nitrogens with zero attached hydrogens (tertiary/aromatic N) is 2. The molecule has 122 valence electrons. The highest BCUT2D eigenvalue weighted by molar-refractivity contribution is 5.27. The zero-order valence-corrected chi connectivity index (χ0v) is 13.3. The molecule has 2 N–H and O–H groups in total. The Labute approximate surface area is 137 Å². The first-order valence-electron chi connectivity index (χ1n) is 8.30. The monoisotopic (exact) mass is 312 g/mol. The van der Waals surface area contributed by atoms with Crippen molar-refractivity contribution in [2.24, 2.45) is 0 Å². The Hall–Kier alpha value is -1.91. The van der Waals surface area contributed by atoms with Crippen molar-refractivity contribution in [3.05, 3.63) is 59.9 Å². The lowest BCUT2D eigenvalue weighted by atomic mass is 9.91. The highest BCUT2D eigenvalue weighted by Crippen LogP contribution is 2.26. The first-order chi connectivity index (χ1) is 11.2. The van der Waals surface area contributed by atoms with Crippen molar-refractivity contribution in [1.82, 2.24) is 9.88 Å². The van der Waals surface area contributed by atoms with Crippen LogP contribution in [0.2, 0.25) is 0 Å². The second-order valence-corrected chi connectivity index (χ2v) is 6.36. The average Bonchev–Trinajstić information content (AvgIpc) is 2.56. The summed E-state index contributed by atoms with van der Waals surface area (Å²) in [5.41, 5.74) is 2.16. The molecule has 0 unspecified atom stereocenters. The van der Waals surface area contributed by atoms with E-state index in [0.717, 1.165) is 50.0 Å². The van der Waals surface area contributed by atoms with Gasteiger partial charge in [-0.05, 0) is 55.5 Å². The summed E-state index contributed by atoms with van der Waals surface area (Å²) in [5, 5.41) is 19.5. The maximum atomic E-state index is 9.76. The van der Waals surface area contributed by atoms with E-state index < -0.39 is 0 Å². The number of aromatic hydroxyl groups is 1. The number of hydrogen-bond donors (Lipinski definition) is 2. The molecular formula is C19H24N2O2. The van der Waals surface area contributed by atoms with Crippen LogP contribution in [0.25, 0.3) is 0 Å². The van der Waals surface area contributed by atoms with Crippen LogP contribution in [0.1, 0.15) is 36.9 Å². The van der Waals surface area contributed by atoms with E-state index in [4.69, 9.17) is 0 Å². The molecule has 1 aliphatic carbocycles. The van der Waals surface area contributed by atoms with Crippen LogP contribution in [-0.2, 0) is 13.1 Å². The van der Waals surface area contributed by atoms with Gasteiger partial charge < -0.3 is 10.2 Å². The largest absolute Gasteiger partial charge is 0.508 e. The number of aliphatic hydroxyl groups excluding tert-OH is 1. The first kappa shape index (κ1) is 16.0. The summed E-state index contributed by atoms with van der Waals surface area (Å²) in [6.45, 7) is 1.57. The Morgan fingerprint density at radius 3 is 2.52 bits per heavy atom. The summed E-state index contributed by atoms with van der Waals surface area (Å²) in [4.78, 5) is 6.87. The predicted molar refractivity (Wildman–Crippen MR) is 89.9 cm³/mol. The molecule has 0 amide bonds. The third-order valence-electron chi connectivity index (χ3n) is 4.57. The first-order valence-corrected chi connectivity index (χ1v) is 8.30. The van der Waals surface area contributed by atoms with Gasteiger partial charge in [0.1, 0.15) is 5.75 Å². The Balaban J connectivity index is 1.75. The van der Waals surface area contributed by atoms with Crippen molar-refractivity contribution in [2.45, 2.75) is 50.9 Å². The van der Waals surface area contributed by atoms with E-state index in [9.17, 15) is 10.2 Å². The minimum absolute atomic E-state index is 0.149. The predicted octanol–water partition coefficient (Wildman–Crippen LogP) is 3.09. The third-order valence-corrected chi connectivity index (χ3v) is 4.57. The number of hydrogen-bond acceptors (Lipinski definition) is 4. The Morgan fingerprint density at radius 2 is 1.83 bits per heavy atom. The number of pyridine rings is 1. The van der Waals surface area contributed by atoms with Crippen molar-refractivity contribution in [3.8, 4) is 5.75 Å². The van der Waals surface area contributed by atoms with E-state index in [1.54, 1.807) is 6.07 Å². The molecule has 0 radical (unpaired) electrons. The standard InChI is InChI=1S/C19H24N2O2/c22-18-9-7-17(8-10-18)21(14-16-5-1-2-11-20-16)13-15-4-3-6-19(23)12-15/h1-6,11-12,17-18,22-23H,7-10,13-14H2. The second-order valence-electron chi connectivity index (χ2n) is 6.36. The van der Waals surface area contributed by atoms with Gasteiger partial charge in [-0.3, -0.25) is 9.88 Å². The summed E-state index contributed by atoms with van der Waals surface area (Å²) in [5.74, 6) is 0.305. The molecule has 1 aliphatic rings. The molecule has 1 heterocycles. The van der Waals surface area contributed by atoms with Crippen LogP contribution in [0.4, 0.5) is 0 Å². The van der Waals surface area contributed by atoms with Gasteiger partial charge in [-0.1, -0.05) is 18.2 Å². The van der Waals surface area contributed by atoms with Crippen molar-refractivity contribution in [1.29, 1.82) is 0 Å². The van der Waals surface area contributed by atoms with E-state index in [-0.39, 0.29) is 6.10 Å². The summed E-state index contributed by atoms with van der Waals surface area (Å²) < 4.78 is 0. The fourth-order valence-electron chi connectivity index (χ4n) is 3.33. The molecule has 4 nitrogen and oxygen atoms in total. The fourth-order valence-corrected chi connectivity index (χ4v) is 3.33. The molecule has 1 saturated carbocycles. The molecule has 0 spiro atoms. The minimum Gasteiger partial charge on any atom is -0.508 e. The molecule has 1 aromatic heterocycles. The van der Waals surface area contributed by atoms with E-state index in [2.05, 4.69) is 9.88 Å². The van der Waals surface area contributed by atoms with Crippen molar-refractivity contribution >= 4 is 0 Å². The van der Waals surface area contributed by atoms with Crippen molar-refractivity contribution in [3.63, 3.8) is 0 Å². The maximum absolute atomic E-state index is 9.76. The number of phenols is 1. The topological polar surface area (TPSA) is 56.6 Å². The molecule has 0 saturated heterocycles. The average molecular weight is 312 g/mol. The van der Waals surface area contributed by atoms with Crippen LogP contribution in [0.5, 0.6) is 5.75 Å². The van der Waals surface area contributed by atoms with Crippen LogP contribution < -0.4 is 0 Å². The van der Waals surface area contributed by atoms with Crippen molar-refractivity contribution in [2.75, 3.05) is 0 Å². The van der Waals surface area contributed by atoms with Crippen LogP contribution in [0.15, 0.2) is 48.7 Å². The zero-order chi connectivity index (χ0) is 16.1. The third kappa shape index (κ3) is 4.53. The number of phenolic OH excluding ortho intramolecular Hbond substituents is 1. The normalized spacial score (nSPS) is 21.5. The van der Waals surface area contributed by atoms with Gasteiger partial charge in [0, 0.05) is 25.3 Å². The van der Waals surface area contributed by atoms with Crippen LogP contribution in [-0.4, -0.2) is 32.2 Å². The molecule has 4 heteroatoms. The summed E-state index contributed by atoms with van der Waals surface area (Å²) in [6, 6.07) is 13.9. The zero-order valence-electron chi connectivity index (χ0n) is 13.3. The Morgan fingerprint density at radius 1 is 1.00 bits per heavy atom. The Bertz CT molecular complexity index is 610. The molecule has 1 fully saturated rings. The lowest BCUT2D eigenvalue weighted by molar-refractivity contribution is 0.0660. The van der Waals surface area contributed by atoms with Gasteiger partial charge in [0.15, 0.2) is 0 Å². The number of rotatable bonds is 5. The van der Waals surface area contributed by atoms with Crippen LogP contribution >= 0.6 is 0 Å². The minimum atomic E-state index is -0.149. The molecule has 0 atom stereocenters. The summed E-state index contributed by atoms with van der Waals surface area (Å²) in [6.07, 6.45) is 5.42. The van der Waals surface area contributed by atoms with E-state index in [1.165, 1.54) is 0 Å². The molecule has 3 rings (SSSR count).